The Kier molecular flexibility index (Phi) is 5.55. The maximum Gasteiger partial charge on any atom is 0.349 e. The summed E-state index contributed by atoms with van der Waals surface area (Å²) in [7, 11) is 0. The number of nitrogens with two attached hydrogens (primary N) is 1. The molecule has 0 aromatic carbocycles. The molecule has 2 heterocycles. The van der Waals surface area contributed by atoms with Crippen LogP contribution in [0.25, 0.3) is 0 Å². The van der Waals surface area contributed by atoms with Gasteiger partial charge in [0, 0.05) is 0 Å². The van der Waals surface area contributed by atoms with Gasteiger partial charge in [-0.15, -0.1) is 11.3 Å². The van der Waals surface area contributed by atoms with Gasteiger partial charge in [0.2, 0.25) is 0 Å². The number of hydrogen-bond acceptors (Lipinski definition) is 7. The highest BCUT2D eigenvalue weighted by molar-refractivity contribution is 7.18. The fourth-order valence-corrected chi connectivity index (χ4v) is 2.77. The SMILES string of the molecule is Cc1cc(NC(=O)c2ccco2)sc1C(=O)O[C@@H](C)C(=O)NC(N)=O. The van der Waals surface area contributed by atoms with Gasteiger partial charge in [-0.25, -0.2) is 9.59 Å². The lowest BCUT2D eigenvalue weighted by atomic mass is 10.3. The van der Waals surface area contributed by atoms with Gasteiger partial charge in [-0.2, -0.15) is 0 Å². The average molecular weight is 365 g/mol. The van der Waals surface area contributed by atoms with E-state index < -0.39 is 29.9 Å². The van der Waals surface area contributed by atoms with E-state index in [1.807, 2.05) is 5.32 Å². The molecule has 4 N–H and O–H groups in total. The van der Waals surface area contributed by atoms with Gasteiger partial charge in [-0.1, -0.05) is 0 Å². The summed E-state index contributed by atoms with van der Waals surface area (Å²) in [4.78, 5) is 46.5. The Balaban J connectivity index is 2.03. The number of hydrogen-bond donors (Lipinski definition) is 3. The average Bonchev–Trinajstić information content (AvgIpc) is 3.16. The van der Waals surface area contributed by atoms with Crippen LogP contribution in [0.15, 0.2) is 28.9 Å². The second kappa shape index (κ2) is 7.62. The summed E-state index contributed by atoms with van der Waals surface area (Å²) in [5.74, 6) is -1.91. The summed E-state index contributed by atoms with van der Waals surface area (Å²) in [5, 5.41) is 4.84. The number of primary amides is 1. The number of carbonyl (C=O) groups excluding carboxylic acids is 4. The minimum Gasteiger partial charge on any atom is -0.459 e. The van der Waals surface area contributed by atoms with Crippen molar-refractivity contribution in [1.29, 1.82) is 0 Å². The van der Waals surface area contributed by atoms with Gasteiger partial charge >= 0.3 is 12.0 Å². The summed E-state index contributed by atoms with van der Waals surface area (Å²) < 4.78 is 9.97. The molecule has 0 saturated heterocycles. The number of urea groups is 1. The van der Waals surface area contributed by atoms with Gasteiger partial charge in [0.15, 0.2) is 11.9 Å². The fourth-order valence-electron chi connectivity index (χ4n) is 1.82. The smallest absolute Gasteiger partial charge is 0.349 e. The lowest BCUT2D eigenvalue weighted by molar-refractivity contribution is -0.127. The van der Waals surface area contributed by atoms with Crippen molar-refractivity contribution in [2.75, 3.05) is 5.32 Å². The zero-order valence-electron chi connectivity index (χ0n) is 13.3. The molecule has 0 spiro atoms. The van der Waals surface area contributed by atoms with E-state index in [2.05, 4.69) is 5.32 Å². The molecule has 132 valence electrons. The molecular weight excluding hydrogens is 350 g/mol. The highest BCUT2D eigenvalue weighted by Gasteiger charge is 2.23. The van der Waals surface area contributed by atoms with Crippen molar-refractivity contribution in [3.63, 3.8) is 0 Å². The molecule has 4 amide bonds. The first-order chi connectivity index (χ1) is 11.8. The van der Waals surface area contributed by atoms with Crippen LogP contribution in [-0.4, -0.2) is 29.9 Å². The number of anilines is 1. The summed E-state index contributed by atoms with van der Waals surface area (Å²) in [5.41, 5.74) is 5.39. The van der Waals surface area contributed by atoms with Crippen LogP contribution in [0.5, 0.6) is 0 Å². The van der Waals surface area contributed by atoms with Gasteiger partial charge in [-0.3, -0.25) is 14.9 Å². The molecule has 0 unspecified atom stereocenters. The van der Waals surface area contributed by atoms with Gasteiger partial charge in [0.05, 0.1) is 11.3 Å². The van der Waals surface area contributed by atoms with Crippen LogP contribution in [0.2, 0.25) is 0 Å². The zero-order chi connectivity index (χ0) is 18.6. The van der Waals surface area contributed by atoms with E-state index in [4.69, 9.17) is 14.9 Å². The van der Waals surface area contributed by atoms with E-state index >= 15 is 0 Å². The maximum atomic E-state index is 12.2. The third-order valence-corrected chi connectivity index (χ3v) is 4.12. The molecule has 9 nitrogen and oxygen atoms in total. The Morgan fingerprint density at radius 3 is 2.64 bits per heavy atom. The van der Waals surface area contributed by atoms with E-state index in [0.29, 0.717) is 10.6 Å². The third kappa shape index (κ3) is 4.67. The maximum absolute atomic E-state index is 12.2. The van der Waals surface area contributed by atoms with Crippen molar-refractivity contribution < 1.29 is 28.3 Å². The minimum absolute atomic E-state index is 0.131. The largest absolute Gasteiger partial charge is 0.459 e. The number of ether oxygens (including phenoxy) is 1. The molecule has 0 aliphatic rings. The Bertz CT molecular complexity index is 811. The predicted octanol–water partition coefficient (Wildman–Crippen LogP) is 1.64. The molecule has 2 aromatic heterocycles. The first-order valence-corrected chi connectivity index (χ1v) is 7.86. The van der Waals surface area contributed by atoms with Crippen molar-refractivity contribution in [2.24, 2.45) is 5.73 Å². The molecule has 0 radical (unpaired) electrons. The van der Waals surface area contributed by atoms with E-state index in [9.17, 15) is 19.2 Å². The second-order valence-electron chi connectivity index (χ2n) is 4.96. The Morgan fingerprint density at radius 1 is 1.32 bits per heavy atom. The lowest BCUT2D eigenvalue weighted by Gasteiger charge is -2.11. The van der Waals surface area contributed by atoms with Crippen LogP contribution in [-0.2, 0) is 9.53 Å². The number of furan rings is 1. The first-order valence-electron chi connectivity index (χ1n) is 7.04. The van der Waals surface area contributed by atoms with Crippen LogP contribution in [0.3, 0.4) is 0 Å². The number of amides is 4. The van der Waals surface area contributed by atoms with E-state index in [0.717, 1.165) is 11.3 Å². The summed E-state index contributed by atoms with van der Waals surface area (Å²) >= 11 is 0.989. The number of thiophene rings is 1. The molecule has 0 aliphatic heterocycles. The predicted molar refractivity (Wildman–Crippen MR) is 88.3 cm³/mol. The Morgan fingerprint density at radius 2 is 2.04 bits per heavy atom. The summed E-state index contributed by atoms with van der Waals surface area (Å²) in [6.45, 7) is 2.96. The normalized spacial score (nSPS) is 11.4. The Labute approximate surface area is 146 Å². The van der Waals surface area contributed by atoms with E-state index in [1.54, 1.807) is 19.1 Å². The summed E-state index contributed by atoms with van der Waals surface area (Å²) in [6, 6.07) is 3.64. The molecule has 10 heteroatoms. The molecule has 0 bridgehead atoms. The molecule has 0 aliphatic carbocycles. The van der Waals surface area contributed by atoms with Crippen LogP contribution < -0.4 is 16.4 Å². The number of aryl methyl sites for hydroxylation is 1. The second-order valence-corrected chi connectivity index (χ2v) is 6.01. The molecular formula is C15H15N3O6S. The molecule has 2 rings (SSSR count). The number of carbonyl (C=O) groups is 4. The van der Waals surface area contributed by atoms with Crippen molar-refractivity contribution in [3.05, 3.63) is 40.7 Å². The number of esters is 1. The molecule has 0 fully saturated rings. The highest BCUT2D eigenvalue weighted by Crippen LogP contribution is 2.28. The third-order valence-electron chi connectivity index (χ3n) is 2.98. The minimum atomic E-state index is -1.21. The van der Waals surface area contributed by atoms with Crippen molar-refractivity contribution in [3.8, 4) is 0 Å². The molecule has 2 aromatic rings. The van der Waals surface area contributed by atoms with Crippen molar-refractivity contribution in [2.45, 2.75) is 20.0 Å². The topological polar surface area (TPSA) is 141 Å². The van der Waals surface area contributed by atoms with Gasteiger partial charge in [0.1, 0.15) is 4.88 Å². The zero-order valence-corrected chi connectivity index (χ0v) is 14.1. The first kappa shape index (κ1) is 18.2. The van der Waals surface area contributed by atoms with Crippen molar-refractivity contribution in [1.82, 2.24) is 5.32 Å². The summed E-state index contributed by atoms with van der Waals surface area (Å²) in [6.07, 6.45) is 0.165. The fraction of sp³-hybridized carbons (Fsp3) is 0.200. The van der Waals surface area contributed by atoms with Crippen LogP contribution >= 0.6 is 11.3 Å². The number of imide groups is 1. The monoisotopic (exact) mass is 365 g/mol. The van der Waals surface area contributed by atoms with Crippen LogP contribution in [0, 0.1) is 6.92 Å². The van der Waals surface area contributed by atoms with Gasteiger partial charge < -0.3 is 20.2 Å². The van der Waals surface area contributed by atoms with Crippen molar-refractivity contribution >= 4 is 40.2 Å². The van der Waals surface area contributed by atoms with Gasteiger partial charge in [0.25, 0.3) is 11.8 Å². The quantitative estimate of drug-likeness (QED) is 0.688. The molecule has 1 atom stereocenters. The standard InChI is InChI=1S/C15H15N3O6S/c1-7-6-10(17-13(20)9-4-3-5-23-9)25-11(7)14(21)24-8(2)12(19)18-15(16)22/h3-6,8H,1-2H3,(H,17,20)(H3,16,18,19,22)/t8-/m0/s1. The number of rotatable bonds is 5. The Hall–Kier alpha value is -3.14. The van der Waals surface area contributed by atoms with Crippen LogP contribution in [0.1, 0.15) is 32.7 Å². The highest BCUT2D eigenvalue weighted by atomic mass is 32.1. The van der Waals surface area contributed by atoms with Crippen LogP contribution in [0.4, 0.5) is 9.80 Å². The number of nitrogens with one attached hydrogen (secondary N) is 2. The molecule has 0 saturated carbocycles. The molecule has 25 heavy (non-hydrogen) atoms. The van der Waals surface area contributed by atoms with Gasteiger partial charge in [-0.05, 0) is 37.6 Å². The van der Waals surface area contributed by atoms with E-state index in [-0.39, 0.29) is 10.6 Å². The van der Waals surface area contributed by atoms with E-state index in [1.165, 1.54) is 19.3 Å². The lowest BCUT2D eigenvalue weighted by Crippen LogP contribution is -2.42.